The Bertz CT molecular complexity index is 314. The van der Waals surface area contributed by atoms with Crippen molar-refractivity contribution in [1.82, 2.24) is 0 Å². The lowest BCUT2D eigenvalue weighted by Crippen LogP contribution is -2.12. The standard InChI is InChI=1S/C14H22O6/c1-3-19-13(17)9-11(15)7-5-6-8-12(16)10-14(18)20-4-2/h3-10H2,1-2H3. The summed E-state index contributed by atoms with van der Waals surface area (Å²) < 4.78 is 9.32. The summed E-state index contributed by atoms with van der Waals surface area (Å²) in [6.07, 6.45) is 1.09. The molecule has 0 saturated heterocycles. The maximum absolute atomic E-state index is 11.4. The molecule has 0 unspecified atom stereocenters. The molecular formula is C14H22O6. The van der Waals surface area contributed by atoms with Gasteiger partial charge in [0.1, 0.15) is 24.4 Å². The van der Waals surface area contributed by atoms with Crippen LogP contribution < -0.4 is 0 Å². The van der Waals surface area contributed by atoms with Gasteiger partial charge in [-0.2, -0.15) is 0 Å². The van der Waals surface area contributed by atoms with E-state index in [0.29, 0.717) is 12.8 Å². The van der Waals surface area contributed by atoms with Gasteiger partial charge in [0.05, 0.1) is 13.2 Å². The van der Waals surface area contributed by atoms with E-state index in [4.69, 9.17) is 0 Å². The van der Waals surface area contributed by atoms with E-state index in [1.165, 1.54) is 0 Å². The fraction of sp³-hybridized carbons (Fsp3) is 0.714. The van der Waals surface area contributed by atoms with Gasteiger partial charge in [-0.25, -0.2) is 0 Å². The molecule has 6 nitrogen and oxygen atoms in total. The Morgan fingerprint density at radius 1 is 0.700 bits per heavy atom. The van der Waals surface area contributed by atoms with Gasteiger partial charge in [-0.3, -0.25) is 19.2 Å². The van der Waals surface area contributed by atoms with Gasteiger partial charge in [-0.15, -0.1) is 0 Å². The van der Waals surface area contributed by atoms with E-state index >= 15 is 0 Å². The molecule has 0 rings (SSSR count). The van der Waals surface area contributed by atoms with Crippen molar-refractivity contribution in [2.24, 2.45) is 0 Å². The van der Waals surface area contributed by atoms with Crippen LogP contribution in [0.4, 0.5) is 0 Å². The molecular weight excluding hydrogens is 264 g/mol. The van der Waals surface area contributed by atoms with E-state index < -0.39 is 11.9 Å². The lowest BCUT2D eigenvalue weighted by Gasteiger charge is -2.02. The molecule has 6 heteroatoms. The summed E-state index contributed by atoms with van der Waals surface area (Å²) in [7, 11) is 0. The molecule has 0 radical (unpaired) electrons. The molecule has 0 atom stereocenters. The van der Waals surface area contributed by atoms with Gasteiger partial charge in [-0.05, 0) is 26.7 Å². The van der Waals surface area contributed by atoms with Crippen molar-refractivity contribution < 1.29 is 28.7 Å². The molecule has 0 aliphatic heterocycles. The number of ether oxygens (including phenoxy) is 2. The molecule has 0 bridgehead atoms. The van der Waals surface area contributed by atoms with E-state index in [9.17, 15) is 19.2 Å². The maximum Gasteiger partial charge on any atom is 0.313 e. The fourth-order valence-corrected chi connectivity index (χ4v) is 1.57. The Labute approximate surface area is 118 Å². The van der Waals surface area contributed by atoms with Gasteiger partial charge < -0.3 is 9.47 Å². The fourth-order valence-electron chi connectivity index (χ4n) is 1.57. The highest BCUT2D eigenvalue weighted by Gasteiger charge is 2.12. The molecule has 0 aliphatic rings. The Kier molecular flexibility index (Phi) is 10.2. The summed E-state index contributed by atoms with van der Waals surface area (Å²) in [6, 6.07) is 0. The Balaban J connectivity index is 3.65. The molecule has 0 aliphatic carbocycles. The first kappa shape index (κ1) is 18.3. The van der Waals surface area contributed by atoms with Crippen LogP contribution in [-0.4, -0.2) is 36.7 Å². The van der Waals surface area contributed by atoms with Crippen molar-refractivity contribution in [1.29, 1.82) is 0 Å². The summed E-state index contributed by atoms with van der Waals surface area (Å²) in [6.45, 7) is 3.87. The number of Topliss-reactive ketones (excluding diaryl/α,β-unsaturated/α-hetero) is 2. The first-order valence-electron chi connectivity index (χ1n) is 6.84. The number of unbranched alkanes of at least 4 members (excludes halogenated alkanes) is 1. The molecule has 0 spiro atoms. The lowest BCUT2D eigenvalue weighted by molar-refractivity contribution is -0.147. The van der Waals surface area contributed by atoms with Crippen LogP contribution in [0.25, 0.3) is 0 Å². The van der Waals surface area contributed by atoms with E-state index in [2.05, 4.69) is 9.47 Å². The van der Waals surface area contributed by atoms with Gasteiger partial charge in [0.2, 0.25) is 0 Å². The second-order valence-corrected chi connectivity index (χ2v) is 4.25. The summed E-state index contributed by atoms with van der Waals surface area (Å²) in [5.74, 6) is -1.42. The smallest absolute Gasteiger partial charge is 0.313 e. The number of esters is 2. The molecule has 0 amide bonds. The predicted molar refractivity (Wildman–Crippen MR) is 71.0 cm³/mol. The van der Waals surface area contributed by atoms with Crippen LogP contribution in [0.15, 0.2) is 0 Å². The zero-order valence-electron chi connectivity index (χ0n) is 12.1. The minimum Gasteiger partial charge on any atom is -0.466 e. The van der Waals surface area contributed by atoms with Crippen molar-refractivity contribution >= 4 is 23.5 Å². The topological polar surface area (TPSA) is 86.7 Å². The summed E-state index contributed by atoms with van der Waals surface area (Å²) in [4.78, 5) is 44.8. The Hall–Kier alpha value is -1.72. The van der Waals surface area contributed by atoms with Crippen molar-refractivity contribution in [2.45, 2.75) is 52.4 Å². The molecule has 20 heavy (non-hydrogen) atoms. The summed E-state index contributed by atoms with van der Waals surface area (Å²) >= 11 is 0. The molecule has 0 aromatic carbocycles. The monoisotopic (exact) mass is 286 g/mol. The Morgan fingerprint density at radius 3 is 1.35 bits per heavy atom. The number of carbonyl (C=O) groups excluding carboxylic acids is 4. The van der Waals surface area contributed by atoms with Crippen LogP contribution in [0.5, 0.6) is 0 Å². The van der Waals surface area contributed by atoms with E-state index in [1.54, 1.807) is 13.8 Å². The lowest BCUT2D eigenvalue weighted by atomic mass is 10.1. The average Bonchev–Trinajstić information content (AvgIpc) is 2.35. The average molecular weight is 286 g/mol. The highest BCUT2D eigenvalue weighted by Crippen LogP contribution is 2.05. The van der Waals surface area contributed by atoms with Gasteiger partial charge in [0.15, 0.2) is 0 Å². The van der Waals surface area contributed by atoms with Crippen molar-refractivity contribution in [3.63, 3.8) is 0 Å². The molecule has 0 saturated carbocycles. The third-order valence-electron chi connectivity index (χ3n) is 2.45. The first-order chi connectivity index (χ1) is 9.49. The van der Waals surface area contributed by atoms with Crippen molar-refractivity contribution in [3.05, 3.63) is 0 Å². The highest BCUT2D eigenvalue weighted by atomic mass is 16.5. The third kappa shape index (κ3) is 10.2. The SMILES string of the molecule is CCOC(=O)CC(=O)CCCCC(=O)CC(=O)OCC. The largest absolute Gasteiger partial charge is 0.466 e. The number of carbonyl (C=O) groups is 4. The van der Waals surface area contributed by atoms with Gasteiger partial charge >= 0.3 is 11.9 Å². The highest BCUT2D eigenvalue weighted by molar-refractivity contribution is 5.96. The number of hydrogen-bond acceptors (Lipinski definition) is 6. The van der Waals surface area contributed by atoms with E-state index in [0.717, 1.165) is 0 Å². The zero-order valence-corrected chi connectivity index (χ0v) is 12.1. The molecule has 0 N–H and O–H groups in total. The minimum absolute atomic E-state index is 0.193. The van der Waals surface area contributed by atoms with Crippen molar-refractivity contribution in [3.8, 4) is 0 Å². The van der Waals surface area contributed by atoms with Crippen LogP contribution in [0.1, 0.15) is 52.4 Å². The van der Waals surface area contributed by atoms with Gasteiger partial charge in [-0.1, -0.05) is 0 Å². The first-order valence-corrected chi connectivity index (χ1v) is 6.84. The second kappa shape index (κ2) is 11.1. The Morgan fingerprint density at radius 2 is 1.05 bits per heavy atom. The second-order valence-electron chi connectivity index (χ2n) is 4.25. The quantitative estimate of drug-likeness (QED) is 0.326. The summed E-state index contributed by atoms with van der Waals surface area (Å²) in [5.41, 5.74) is 0. The van der Waals surface area contributed by atoms with Crippen LogP contribution in [-0.2, 0) is 28.7 Å². The van der Waals surface area contributed by atoms with Crippen LogP contribution in [0.2, 0.25) is 0 Å². The van der Waals surface area contributed by atoms with Gasteiger partial charge in [0.25, 0.3) is 0 Å². The molecule has 0 heterocycles. The molecule has 0 fully saturated rings. The molecule has 114 valence electrons. The number of rotatable bonds is 11. The number of ketones is 2. The minimum atomic E-state index is -0.518. The zero-order chi connectivity index (χ0) is 15.4. The predicted octanol–water partition coefficient (Wildman–Crippen LogP) is 1.59. The van der Waals surface area contributed by atoms with Gasteiger partial charge in [0, 0.05) is 12.8 Å². The molecule has 0 aromatic rings. The maximum atomic E-state index is 11.4. The van der Waals surface area contributed by atoms with E-state index in [-0.39, 0.29) is 50.5 Å². The number of hydrogen-bond donors (Lipinski definition) is 0. The van der Waals surface area contributed by atoms with Crippen molar-refractivity contribution in [2.75, 3.05) is 13.2 Å². The van der Waals surface area contributed by atoms with Crippen LogP contribution in [0, 0.1) is 0 Å². The van der Waals surface area contributed by atoms with E-state index in [1.807, 2.05) is 0 Å². The molecule has 0 aromatic heterocycles. The summed E-state index contributed by atoms with van der Waals surface area (Å²) in [5, 5.41) is 0. The third-order valence-corrected chi connectivity index (χ3v) is 2.45. The normalized spacial score (nSPS) is 9.90. The van der Waals surface area contributed by atoms with Crippen LogP contribution in [0.3, 0.4) is 0 Å². The van der Waals surface area contributed by atoms with Crippen LogP contribution >= 0.6 is 0 Å².